The van der Waals surface area contributed by atoms with E-state index in [-0.39, 0.29) is 11.7 Å². The second-order valence-corrected chi connectivity index (χ2v) is 6.62. The molecule has 0 aliphatic carbocycles. The predicted molar refractivity (Wildman–Crippen MR) is 111 cm³/mol. The summed E-state index contributed by atoms with van der Waals surface area (Å²) in [5, 5.41) is 0. The first-order chi connectivity index (χ1) is 14.1. The number of ether oxygens (including phenoxy) is 1. The number of rotatable bonds is 5. The molecule has 1 heterocycles. The predicted octanol–water partition coefficient (Wildman–Crippen LogP) is 4.66. The van der Waals surface area contributed by atoms with Crippen molar-refractivity contribution < 1.29 is 13.9 Å². The number of amides is 1. The minimum absolute atomic E-state index is 0.191. The summed E-state index contributed by atoms with van der Waals surface area (Å²) in [7, 11) is 1.61. The molecule has 3 aromatic carbocycles. The van der Waals surface area contributed by atoms with E-state index in [2.05, 4.69) is 4.99 Å². The molecular formula is C24H19FN2O2. The Morgan fingerprint density at radius 1 is 0.966 bits per heavy atom. The van der Waals surface area contributed by atoms with E-state index in [4.69, 9.17) is 4.74 Å². The van der Waals surface area contributed by atoms with Gasteiger partial charge < -0.3 is 4.74 Å². The molecular weight excluding hydrogens is 367 g/mol. The van der Waals surface area contributed by atoms with E-state index in [1.54, 1.807) is 30.2 Å². The molecule has 144 valence electrons. The third-order valence-electron chi connectivity index (χ3n) is 4.65. The quantitative estimate of drug-likeness (QED) is 0.598. The molecule has 4 nitrogen and oxygen atoms in total. The van der Waals surface area contributed by atoms with E-state index >= 15 is 0 Å². The first-order valence-corrected chi connectivity index (χ1v) is 9.20. The third kappa shape index (κ3) is 4.09. The Morgan fingerprint density at radius 3 is 2.31 bits per heavy atom. The van der Waals surface area contributed by atoms with Crippen molar-refractivity contribution in [2.75, 3.05) is 7.11 Å². The molecule has 3 aromatic rings. The molecule has 0 saturated carbocycles. The number of hydrogen-bond acceptors (Lipinski definition) is 3. The summed E-state index contributed by atoms with van der Waals surface area (Å²) in [6.45, 7) is 0.312. The zero-order valence-corrected chi connectivity index (χ0v) is 15.9. The Labute approximate surface area is 168 Å². The number of amidine groups is 1. The fourth-order valence-electron chi connectivity index (χ4n) is 3.14. The fraction of sp³-hybridized carbons (Fsp3) is 0.0833. The van der Waals surface area contributed by atoms with Crippen molar-refractivity contribution in [3.8, 4) is 5.75 Å². The lowest BCUT2D eigenvalue weighted by Gasteiger charge is -2.18. The summed E-state index contributed by atoms with van der Waals surface area (Å²) >= 11 is 0. The number of methoxy groups -OCH3 is 1. The highest BCUT2D eigenvalue weighted by molar-refractivity contribution is 6.19. The van der Waals surface area contributed by atoms with Crippen molar-refractivity contribution in [2.24, 2.45) is 4.99 Å². The van der Waals surface area contributed by atoms with Crippen molar-refractivity contribution in [3.05, 3.63) is 107 Å². The minimum Gasteiger partial charge on any atom is -0.497 e. The smallest absolute Gasteiger partial charge is 0.278 e. The van der Waals surface area contributed by atoms with Crippen molar-refractivity contribution >= 4 is 17.8 Å². The van der Waals surface area contributed by atoms with Gasteiger partial charge in [-0.05, 0) is 41.5 Å². The fourth-order valence-corrected chi connectivity index (χ4v) is 3.14. The van der Waals surface area contributed by atoms with E-state index < -0.39 is 0 Å². The van der Waals surface area contributed by atoms with Gasteiger partial charge in [-0.3, -0.25) is 9.69 Å². The van der Waals surface area contributed by atoms with Crippen molar-refractivity contribution in [2.45, 2.75) is 6.54 Å². The van der Waals surface area contributed by atoms with E-state index in [1.165, 1.54) is 12.1 Å². The largest absolute Gasteiger partial charge is 0.497 e. The van der Waals surface area contributed by atoms with Gasteiger partial charge in [-0.2, -0.15) is 0 Å². The van der Waals surface area contributed by atoms with E-state index in [0.29, 0.717) is 18.1 Å². The van der Waals surface area contributed by atoms with Gasteiger partial charge in [0.25, 0.3) is 5.91 Å². The van der Waals surface area contributed by atoms with Crippen LogP contribution in [0.25, 0.3) is 6.08 Å². The number of carbonyl (C=O) groups excluding carboxylic acids is 1. The van der Waals surface area contributed by atoms with Crippen LogP contribution in [0, 0.1) is 5.82 Å². The molecule has 0 spiro atoms. The number of aliphatic imine (C=N–C) groups is 1. The van der Waals surface area contributed by atoms with Crippen LogP contribution in [0.15, 0.2) is 89.6 Å². The number of carbonyl (C=O) groups is 1. The maximum absolute atomic E-state index is 13.3. The van der Waals surface area contributed by atoms with Crippen LogP contribution in [0.1, 0.15) is 16.7 Å². The topological polar surface area (TPSA) is 41.9 Å². The van der Waals surface area contributed by atoms with E-state index in [9.17, 15) is 9.18 Å². The van der Waals surface area contributed by atoms with Crippen LogP contribution in [-0.2, 0) is 11.3 Å². The van der Waals surface area contributed by atoms with Gasteiger partial charge in [0, 0.05) is 5.56 Å². The number of halogens is 1. The van der Waals surface area contributed by atoms with Crippen molar-refractivity contribution in [1.29, 1.82) is 0 Å². The van der Waals surface area contributed by atoms with Crippen LogP contribution in [0.2, 0.25) is 0 Å². The van der Waals surface area contributed by atoms with Crippen LogP contribution in [-0.4, -0.2) is 23.8 Å². The Balaban J connectivity index is 1.70. The number of hydrogen-bond donors (Lipinski definition) is 0. The highest BCUT2D eigenvalue weighted by Crippen LogP contribution is 2.24. The molecule has 1 amide bonds. The molecule has 0 N–H and O–H groups in total. The van der Waals surface area contributed by atoms with Gasteiger partial charge >= 0.3 is 0 Å². The monoisotopic (exact) mass is 386 g/mol. The zero-order chi connectivity index (χ0) is 20.2. The highest BCUT2D eigenvalue weighted by atomic mass is 19.1. The van der Waals surface area contributed by atoms with Gasteiger partial charge in [-0.25, -0.2) is 9.38 Å². The Bertz CT molecular complexity index is 1070. The molecule has 0 atom stereocenters. The minimum atomic E-state index is -0.307. The Kier molecular flexibility index (Phi) is 5.20. The molecule has 0 unspecified atom stereocenters. The normalized spacial score (nSPS) is 15.0. The lowest BCUT2D eigenvalue weighted by Crippen LogP contribution is -2.32. The first kappa shape index (κ1) is 18.6. The molecule has 0 fully saturated rings. The summed E-state index contributed by atoms with van der Waals surface area (Å²) in [6.07, 6.45) is 1.76. The average molecular weight is 386 g/mol. The third-order valence-corrected chi connectivity index (χ3v) is 4.65. The van der Waals surface area contributed by atoms with E-state index in [0.717, 1.165) is 22.4 Å². The van der Waals surface area contributed by atoms with Crippen LogP contribution < -0.4 is 4.74 Å². The molecule has 5 heteroatoms. The lowest BCUT2D eigenvalue weighted by molar-refractivity contribution is -0.123. The number of benzene rings is 3. The highest BCUT2D eigenvalue weighted by Gasteiger charge is 2.31. The van der Waals surface area contributed by atoms with Gasteiger partial charge in [0.15, 0.2) is 0 Å². The molecule has 4 rings (SSSR count). The second kappa shape index (κ2) is 8.10. The maximum atomic E-state index is 13.3. The van der Waals surface area contributed by atoms with Crippen molar-refractivity contribution in [1.82, 2.24) is 4.90 Å². The first-order valence-electron chi connectivity index (χ1n) is 9.20. The molecule has 1 aliphatic rings. The average Bonchev–Trinajstić information content (AvgIpc) is 3.06. The summed E-state index contributed by atoms with van der Waals surface area (Å²) in [5.74, 6) is 0.832. The number of nitrogens with zero attached hydrogens (tertiary/aromatic N) is 2. The summed E-state index contributed by atoms with van der Waals surface area (Å²) in [4.78, 5) is 19.4. The molecule has 0 radical (unpaired) electrons. The summed E-state index contributed by atoms with van der Waals surface area (Å²) in [6, 6.07) is 23.1. The van der Waals surface area contributed by atoms with Gasteiger partial charge in [-0.1, -0.05) is 54.6 Å². The molecule has 1 aliphatic heterocycles. The second-order valence-electron chi connectivity index (χ2n) is 6.62. The van der Waals surface area contributed by atoms with Crippen LogP contribution in [0.4, 0.5) is 4.39 Å². The SMILES string of the molecule is COc1ccc(C=C2N=C(c3ccccc3)N(Cc3ccc(F)cc3)C2=O)cc1. The van der Waals surface area contributed by atoms with Crippen LogP contribution in [0.5, 0.6) is 5.75 Å². The van der Waals surface area contributed by atoms with Gasteiger partial charge in [0.1, 0.15) is 23.1 Å². The maximum Gasteiger partial charge on any atom is 0.278 e. The molecule has 29 heavy (non-hydrogen) atoms. The molecule has 0 aromatic heterocycles. The Hall–Kier alpha value is -3.73. The van der Waals surface area contributed by atoms with Gasteiger partial charge in [-0.15, -0.1) is 0 Å². The van der Waals surface area contributed by atoms with Crippen LogP contribution in [0.3, 0.4) is 0 Å². The zero-order valence-electron chi connectivity index (χ0n) is 15.9. The molecule has 0 bridgehead atoms. The van der Waals surface area contributed by atoms with E-state index in [1.807, 2.05) is 54.6 Å². The van der Waals surface area contributed by atoms with Crippen molar-refractivity contribution in [3.63, 3.8) is 0 Å². The van der Waals surface area contributed by atoms with Crippen LogP contribution >= 0.6 is 0 Å². The standard InChI is InChI=1S/C24H19FN2O2/c1-29-21-13-9-17(10-14-21)15-22-24(28)27(16-18-7-11-20(25)12-8-18)23(26-22)19-5-3-2-4-6-19/h2-15H,16H2,1H3. The Morgan fingerprint density at radius 2 is 1.66 bits per heavy atom. The molecule has 0 saturated heterocycles. The lowest BCUT2D eigenvalue weighted by atomic mass is 10.1. The van der Waals surface area contributed by atoms with Gasteiger partial charge in [0.05, 0.1) is 13.7 Å². The summed E-state index contributed by atoms with van der Waals surface area (Å²) < 4.78 is 18.4. The van der Waals surface area contributed by atoms with Gasteiger partial charge in [0.2, 0.25) is 0 Å². The summed E-state index contributed by atoms with van der Waals surface area (Å²) in [5.41, 5.74) is 2.89.